The molecule has 0 spiro atoms. The molecule has 2 N–H and O–H groups in total. The molecule has 2 rings (SSSR count). The third-order valence-corrected chi connectivity index (χ3v) is 3.47. The molecule has 4 heteroatoms. The Morgan fingerprint density at radius 1 is 1.44 bits per heavy atom. The Balaban J connectivity index is 2.15. The van der Waals surface area contributed by atoms with Gasteiger partial charge in [0.1, 0.15) is 6.23 Å². The van der Waals surface area contributed by atoms with E-state index in [0.29, 0.717) is 11.1 Å². The molecule has 2 aliphatic rings. The second-order valence-corrected chi connectivity index (χ2v) is 4.76. The summed E-state index contributed by atoms with van der Waals surface area (Å²) in [6.45, 7) is 5.65. The lowest BCUT2D eigenvalue weighted by Gasteiger charge is -2.18. The smallest absolute Gasteiger partial charge is 0.222 e. The van der Waals surface area contributed by atoms with Crippen LogP contribution in [-0.2, 0) is 9.59 Å². The first-order valence-corrected chi connectivity index (χ1v) is 6.09. The van der Waals surface area contributed by atoms with Crippen LogP contribution < -0.4 is 5.32 Å². The summed E-state index contributed by atoms with van der Waals surface area (Å²) in [5, 5.41) is 12.1. The van der Waals surface area contributed by atoms with Crippen molar-refractivity contribution >= 4 is 11.7 Å². The van der Waals surface area contributed by atoms with Gasteiger partial charge in [-0.1, -0.05) is 18.7 Å². The van der Waals surface area contributed by atoms with Gasteiger partial charge in [0.05, 0.1) is 0 Å². The molecule has 1 aliphatic carbocycles. The number of allylic oxidation sites excluding steroid dienone is 4. The summed E-state index contributed by atoms with van der Waals surface area (Å²) < 4.78 is 0. The summed E-state index contributed by atoms with van der Waals surface area (Å²) >= 11 is 0. The van der Waals surface area contributed by atoms with Crippen molar-refractivity contribution in [2.24, 2.45) is 5.92 Å². The van der Waals surface area contributed by atoms with Gasteiger partial charge in [0.25, 0.3) is 0 Å². The zero-order valence-electron chi connectivity index (χ0n) is 10.4. The Kier molecular flexibility index (Phi) is 3.48. The average molecular weight is 247 g/mol. The van der Waals surface area contributed by atoms with Crippen molar-refractivity contribution in [3.05, 3.63) is 35.5 Å². The van der Waals surface area contributed by atoms with Crippen molar-refractivity contribution < 1.29 is 14.7 Å². The molecule has 0 aromatic carbocycles. The van der Waals surface area contributed by atoms with Crippen LogP contribution in [0, 0.1) is 5.92 Å². The number of amides is 1. The first kappa shape index (κ1) is 12.8. The number of rotatable bonds is 3. The number of hydrogen-bond acceptors (Lipinski definition) is 3. The zero-order chi connectivity index (χ0) is 13.3. The highest BCUT2D eigenvalue weighted by Gasteiger charge is 2.36. The number of ketones is 1. The molecule has 1 heterocycles. The van der Waals surface area contributed by atoms with Crippen LogP contribution in [0.4, 0.5) is 0 Å². The number of carbonyl (C=O) groups is 2. The van der Waals surface area contributed by atoms with Crippen LogP contribution in [0.3, 0.4) is 0 Å². The van der Waals surface area contributed by atoms with Gasteiger partial charge in [-0.05, 0) is 25.3 Å². The van der Waals surface area contributed by atoms with E-state index >= 15 is 0 Å². The topological polar surface area (TPSA) is 66.4 Å². The van der Waals surface area contributed by atoms with Crippen LogP contribution in [0.25, 0.3) is 0 Å². The van der Waals surface area contributed by atoms with E-state index < -0.39 is 12.1 Å². The Labute approximate surface area is 106 Å². The largest absolute Gasteiger partial charge is 0.373 e. The summed E-state index contributed by atoms with van der Waals surface area (Å²) in [6, 6.07) is 0. The second-order valence-electron chi connectivity index (χ2n) is 4.76. The maximum Gasteiger partial charge on any atom is 0.222 e. The van der Waals surface area contributed by atoms with Crippen LogP contribution >= 0.6 is 0 Å². The van der Waals surface area contributed by atoms with Gasteiger partial charge in [-0.15, -0.1) is 0 Å². The Morgan fingerprint density at radius 3 is 2.67 bits per heavy atom. The predicted molar refractivity (Wildman–Crippen MR) is 67.5 cm³/mol. The van der Waals surface area contributed by atoms with E-state index in [4.69, 9.17) is 0 Å². The molecule has 0 bridgehead atoms. The molecule has 96 valence electrons. The fraction of sp³-hybridized carbons (Fsp3) is 0.429. The summed E-state index contributed by atoms with van der Waals surface area (Å²) in [5.74, 6) is -0.920. The third kappa shape index (κ3) is 2.29. The first-order valence-electron chi connectivity index (χ1n) is 6.09. The Bertz CT molecular complexity index is 473. The minimum Gasteiger partial charge on any atom is -0.373 e. The number of aliphatic hydroxyl groups excluding tert-OH is 1. The molecule has 0 aromatic heterocycles. The van der Waals surface area contributed by atoms with E-state index in [9.17, 15) is 14.7 Å². The molecular weight excluding hydrogens is 230 g/mol. The fourth-order valence-electron chi connectivity index (χ4n) is 2.36. The van der Waals surface area contributed by atoms with E-state index in [1.807, 2.05) is 19.1 Å². The van der Waals surface area contributed by atoms with Gasteiger partial charge in [-0.3, -0.25) is 9.59 Å². The number of hydrogen-bond donors (Lipinski definition) is 2. The van der Waals surface area contributed by atoms with Crippen molar-refractivity contribution in [2.75, 3.05) is 0 Å². The average Bonchev–Trinajstić information content (AvgIpc) is 2.67. The molecule has 0 radical (unpaired) electrons. The predicted octanol–water partition coefficient (Wildman–Crippen LogP) is 1.23. The van der Waals surface area contributed by atoms with E-state index in [1.165, 1.54) is 0 Å². The molecule has 1 saturated heterocycles. The minimum absolute atomic E-state index is 0.127. The van der Waals surface area contributed by atoms with Crippen molar-refractivity contribution in [1.82, 2.24) is 5.32 Å². The number of carbonyl (C=O) groups excluding carboxylic acids is 2. The van der Waals surface area contributed by atoms with Crippen molar-refractivity contribution in [3.63, 3.8) is 0 Å². The highest BCUT2D eigenvalue weighted by atomic mass is 16.3. The highest BCUT2D eigenvalue weighted by Crippen LogP contribution is 2.28. The second kappa shape index (κ2) is 4.90. The van der Waals surface area contributed by atoms with Gasteiger partial charge in [0.2, 0.25) is 5.91 Å². The van der Waals surface area contributed by atoms with E-state index in [0.717, 1.165) is 18.4 Å². The third-order valence-electron chi connectivity index (χ3n) is 3.47. The van der Waals surface area contributed by atoms with Crippen molar-refractivity contribution in [3.8, 4) is 0 Å². The maximum atomic E-state index is 12.3. The Morgan fingerprint density at radius 2 is 2.11 bits per heavy atom. The van der Waals surface area contributed by atoms with Crippen molar-refractivity contribution in [2.45, 2.75) is 32.4 Å². The lowest BCUT2D eigenvalue weighted by atomic mass is 9.86. The van der Waals surface area contributed by atoms with Crippen LogP contribution in [0.1, 0.15) is 26.2 Å². The molecule has 1 amide bonds. The van der Waals surface area contributed by atoms with Gasteiger partial charge < -0.3 is 10.4 Å². The van der Waals surface area contributed by atoms with Crippen LogP contribution in [0.15, 0.2) is 35.5 Å². The van der Waals surface area contributed by atoms with E-state index in [1.54, 1.807) is 0 Å². The van der Waals surface area contributed by atoms with Crippen LogP contribution in [-0.4, -0.2) is 23.0 Å². The monoisotopic (exact) mass is 247 g/mol. The highest BCUT2D eigenvalue weighted by molar-refractivity contribution is 6.11. The minimum atomic E-state index is -0.998. The van der Waals surface area contributed by atoms with E-state index in [2.05, 4.69) is 11.9 Å². The molecule has 0 aromatic rings. The molecule has 0 saturated carbocycles. The van der Waals surface area contributed by atoms with E-state index in [-0.39, 0.29) is 18.1 Å². The van der Waals surface area contributed by atoms with Gasteiger partial charge in [0, 0.05) is 23.5 Å². The first-order chi connectivity index (χ1) is 8.50. The molecule has 18 heavy (non-hydrogen) atoms. The Hall–Kier alpha value is -1.68. The zero-order valence-corrected chi connectivity index (χ0v) is 10.4. The van der Waals surface area contributed by atoms with Gasteiger partial charge in [-0.25, -0.2) is 0 Å². The summed E-state index contributed by atoms with van der Waals surface area (Å²) in [6.07, 6.45) is 4.84. The standard InChI is InChI=1S/C14H17NO3/c1-8-5-3-4-6-10(8)13(17)9(2)11-7-12(16)15-14(11)18/h5-6,11,14,18H,2-4,7H2,1H3,(H,15,16). The lowest BCUT2D eigenvalue weighted by molar-refractivity contribution is -0.120. The molecule has 1 fully saturated rings. The molecule has 2 unspecified atom stereocenters. The van der Waals surface area contributed by atoms with Crippen LogP contribution in [0.5, 0.6) is 0 Å². The molecular formula is C14H17NO3. The van der Waals surface area contributed by atoms with Gasteiger partial charge in [-0.2, -0.15) is 0 Å². The summed E-state index contributed by atoms with van der Waals surface area (Å²) in [5.41, 5.74) is 1.90. The number of Topliss-reactive ketones (excluding diaryl/α,β-unsaturated/α-hetero) is 1. The lowest BCUT2D eigenvalue weighted by Crippen LogP contribution is -2.30. The quantitative estimate of drug-likeness (QED) is 0.737. The summed E-state index contributed by atoms with van der Waals surface area (Å²) in [7, 11) is 0. The molecule has 1 aliphatic heterocycles. The molecule has 2 atom stereocenters. The number of aliphatic hydroxyl groups is 1. The SMILES string of the molecule is C=C(C(=O)C1=CCCC=C1C)C1CC(=O)NC1O. The molecule has 4 nitrogen and oxygen atoms in total. The normalized spacial score (nSPS) is 27.3. The fourth-order valence-corrected chi connectivity index (χ4v) is 2.36. The maximum absolute atomic E-state index is 12.3. The van der Waals surface area contributed by atoms with Gasteiger partial charge in [0.15, 0.2) is 5.78 Å². The number of nitrogens with one attached hydrogen (secondary N) is 1. The van der Waals surface area contributed by atoms with Crippen molar-refractivity contribution in [1.29, 1.82) is 0 Å². The summed E-state index contributed by atoms with van der Waals surface area (Å²) in [4.78, 5) is 23.5. The van der Waals surface area contributed by atoms with Gasteiger partial charge >= 0.3 is 0 Å². The van der Waals surface area contributed by atoms with Crippen LogP contribution in [0.2, 0.25) is 0 Å².